The first-order valence-corrected chi connectivity index (χ1v) is 7.48. The van der Waals surface area contributed by atoms with Gasteiger partial charge >= 0.3 is 0 Å². The number of likely N-dealkylation sites (tertiary alicyclic amines) is 1. The molecular weight excluding hydrogens is 266 g/mol. The maximum absolute atomic E-state index is 12.0. The fourth-order valence-electron chi connectivity index (χ4n) is 2.76. The zero-order chi connectivity index (χ0) is 14.7. The van der Waals surface area contributed by atoms with Gasteiger partial charge in [-0.1, -0.05) is 0 Å². The number of nitrogens with zero attached hydrogens (tertiary/aromatic N) is 2. The predicted molar refractivity (Wildman–Crippen MR) is 85.6 cm³/mol. The van der Waals surface area contributed by atoms with Crippen molar-refractivity contribution in [2.45, 2.75) is 19.3 Å². The molecule has 6 nitrogen and oxygen atoms in total. The fourth-order valence-corrected chi connectivity index (χ4v) is 2.76. The van der Waals surface area contributed by atoms with Crippen LogP contribution < -0.4 is 16.6 Å². The summed E-state index contributed by atoms with van der Waals surface area (Å²) in [6.45, 7) is 4.33. The molecule has 1 fully saturated rings. The van der Waals surface area contributed by atoms with Gasteiger partial charge in [-0.15, -0.1) is 0 Å². The van der Waals surface area contributed by atoms with Crippen molar-refractivity contribution in [3.8, 4) is 0 Å². The van der Waals surface area contributed by atoms with Gasteiger partial charge in [0.05, 0.1) is 10.9 Å². The minimum atomic E-state index is -0.158. The molecule has 112 valence electrons. The van der Waals surface area contributed by atoms with Crippen LogP contribution in [-0.4, -0.2) is 41.0 Å². The summed E-state index contributed by atoms with van der Waals surface area (Å²) in [6, 6.07) is 5.18. The van der Waals surface area contributed by atoms with Crippen LogP contribution in [0, 0.1) is 0 Å². The van der Waals surface area contributed by atoms with Gasteiger partial charge in [-0.05, 0) is 57.1 Å². The van der Waals surface area contributed by atoms with Crippen molar-refractivity contribution in [3.05, 3.63) is 28.6 Å². The Morgan fingerprint density at radius 2 is 2.14 bits per heavy atom. The van der Waals surface area contributed by atoms with Crippen molar-refractivity contribution < 1.29 is 0 Å². The van der Waals surface area contributed by atoms with Gasteiger partial charge in [0.25, 0.3) is 5.56 Å². The standard InChI is InChI=1S/C15H21N5O/c16-11-4-5-13-12(10-11)14(21)19-15(18-13)17-6-3-9-20-7-1-2-8-20/h4-5,10H,1-3,6-9,16H2,(H2,17,18,19,21). The Labute approximate surface area is 123 Å². The number of nitrogen functional groups attached to an aromatic ring is 1. The van der Waals surface area contributed by atoms with Gasteiger partial charge in [-0.2, -0.15) is 0 Å². The highest BCUT2D eigenvalue weighted by molar-refractivity contribution is 5.81. The Kier molecular flexibility index (Phi) is 4.06. The van der Waals surface area contributed by atoms with E-state index < -0.39 is 0 Å². The molecule has 1 aliphatic rings. The SMILES string of the molecule is Nc1ccc2nc(NCCCN3CCCC3)[nH]c(=O)c2c1. The number of anilines is 2. The van der Waals surface area contributed by atoms with E-state index >= 15 is 0 Å². The van der Waals surface area contributed by atoms with E-state index in [-0.39, 0.29) is 5.56 Å². The number of hydrogen-bond acceptors (Lipinski definition) is 5. The molecule has 0 radical (unpaired) electrons. The Morgan fingerprint density at radius 3 is 2.95 bits per heavy atom. The summed E-state index contributed by atoms with van der Waals surface area (Å²) < 4.78 is 0. The van der Waals surface area contributed by atoms with Crippen LogP contribution in [0.1, 0.15) is 19.3 Å². The number of nitrogens with two attached hydrogens (primary N) is 1. The highest BCUT2D eigenvalue weighted by atomic mass is 16.1. The van der Waals surface area contributed by atoms with Crippen molar-refractivity contribution in [1.29, 1.82) is 0 Å². The summed E-state index contributed by atoms with van der Waals surface area (Å²) >= 11 is 0. The summed E-state index contributed by atoms with van der Waals surface area (Å²) in [5, 5.41) is 3.72. The first-order valence-electron chi connectivity index (χ1n) is 7.48. The van der Waals surface area contributed by atoms with Crippen LogP contribution in [0.4, 0.5) is 11.6 Å². The van der Waals surface area contributed by atoms with Gasteiger partial charge in [-0.3, -0.25) is 9.78 Å². The number of H-pyrrole nitrogens is 1. The number of rotatable bonds is 5. The predicted octanol–water partition coefficient (Wildman–Crippen LogP) is 1.40. The minimum absolute atomic E-state index is 0.158. The summed E-state index contributed by atoms with van der Waals surface area (Å²) in [4.78, 5) is 21.6. The molecule has 0 aliphatic carbocycles. The molecule has 0 atom stereocenters. The molecule has 2 heterocycles. The summed E-state index contributed by atoms with van der Waals surface area (Å²) in [7, 11) is 0. The fraction of sp³-hybridized carbons (Fsp3) is 0.467. The molecule has 1 aromatic heterocycles. The lowest BCUT2D eigenvalue weighted by Gasteiger charge is -2.14. The third-order valence-electron chi connectivity index (χ3n) is 3.87. The first kappa shape index (κ1) is 13.9. The molecular formula is C15H21N5O. The molecule has 1 aromatic carbocycles. The van der Waals surface area contributed by atoms with E-state index in [1.807, 2.05) is 0 Å². The minimum Gasteiger partial charge on any atom is -0.399 e. The molecule has 1 saturated heterocycles. The molecule has 0 spiro atoms. The Bertz CT molecular complexity index is 675. The quantitative estimate of drug-likeness (QED) is 0.571. The lowest BCUT2D eigenvalue weighted by atomic mass is 10.2. The highest BCUT2D eigenvalue weighted by Gasteiger charge is 2.10. The van der Waals surface area contributed by atoms with E-state index in [2.05, 4.69) is 20.2 Å². The van der Waals surface area contributed by atoms with E-state index in [0.717, 1.165) is 19.5 Å². The van der Waals surface area contributed by atoms with Gasteiger partial charge in [0.2, 0.25) is 5.95 Å². The average Bonchev–Trinajstić information content (AvgIpc) is 2.98. The third-order valence-corrected chi connectivity index (χ3v) is 3.87. The monoisotopic (exact) mass is 287 g/mol. The van der Waals surface area contributed by atoms with Gasteiger partial charge in [0, 0.05) is 12.2 Å². The largest absolute Gasteiger partial charge is 0.399 e. The molecule has 4 N–H and O–H groups in total. The maximum Gasteiger partial charge on any atom is 0.260 e. The molecule has 0 saturated carbocycles. The van der Waals surface area contributed by atoms with Crippen LogP contribution in [0.15, 0.2) is 23.0 Å². The number of aromatic nitrogens is 2. The van der Waals surface area contributed by atoms with Gasteiger partial charge in [-0.25, -0.2) is 4.98 Å². The first-order chi connectivity index (χ1) is 10.2. The molecule has 2 aromatic rings. The van der Waals surface area contributed by atoms with Gasteiger partial charge < -0.3 is 16.0 Å². The second-order valence-electron chi connectivity index (χ2n) is 5.52. The van der Waals surface area contributed by atoms with Gasteiger partial charge in [0.1, 0.15) is 0 Å². The smallest absolute Gasteiger partial charge is 0.260 e. The molecule has 6 heteroatoms. The van der Waals surface area contributed by atoms with E-state index in [1.165, 1.54) is 25.9 Å². The van der Waals surface area contributed by atoms with Crippen LogP contribution in [-0.2, 0) is 0 Å². The molecule has 0 unspecified atom stereocenters. The molecule has 21 heavy (non-hydrogen) atoms. The van der Waals surface area contributed by atoms with Crippen LogP contribution in [0.25, 0.3) is 10.9 Å². The number of nitrogens with one attached hydrogen (secondary N) is 2. The Morgan fingerprint density at radius 1 is 1.33 bits per heavy atom. The molecule has 1 aliphatic heterocycles. The number of fused-ring (bicyclic) bond motifs is 1. The lowest BCUT2D eigenvalue weighted by molar-refractivity contribution is 0.337. The molecule has 3 rings (SSSR count). The zero-order valence-corrected chi connectivity index (χ0v) is 12.1. The topological polar surface area (TPSA) is 87.0 Å². The Hall–Kier alpha value is -2.08. The summed E-state index contributed by atoms with van der Waals surface area (Å²) in [5.74, 6) is 0.527. The van der Waals surface area contributed by atoms with Crippen LogP contribution in [0.2, 0.25) is 0 Å². The average molecular weight is 287 g/mol. The van der Waals surface area contributed by atoms with E-state index in [0.29, 0.717) is 22.5 Å². The van der Waals surface area contributed by atoms with Crippen LogP contribution in [0.3, 0.4) is 0 Å². The van der Waals surface area contributed by atoms with Crippen LogP contribution in [0.5, 0.6) is 0 Å². The zero-order valence-electron chi connectivity index (χ0n) is 12.1. The van der Waals surface area contributed by atoms with Gasteiger partial charge in [0.15, 0.2) is 0 Å². The number of aromatic amines is 1. The van der Waals surface area contributed by atoms with E-state index in [4.69, 9.17) is 5.73 Å². The molecule has 0 amide bonds. The molecule has 0 bridgehead atoms. The maximum atomic E-state index is 12.0. The van der Waals surface area contributed by atoms with Crippen molar-refractivity contribution >= 4 is 22.5 Å². The van der Waals surface area contributed by atoms with E-state index in [1.54, 1.807) is 18.2 Å². The summed E-state index contributed by atoms with van der Waals surface area (Å²) in [5.41, 5.74) is 6.76. The number of benzene rings is 1. The lowest BCUT2D eigenvalue weighted by Crippen LogP contribution is -2.23. The van der Waals surface area contributed by atoms with Crippen molar-refractivity contribution in [2.75, 3.05) is 37.2 Å². The second-order valence-corrected chi connectivity index (χ2v) is 5.52. The van der Waals surface area contributed by atoms with E-state index in [9.17, 15) is 4.79 Å². The second kappa shape index (κ2) is 6.13. The van der Waals surface area contributed by atoms with Crippen molar-refractivity contribution in [2.24, 2.45) is 0 Å². The van der Waals surface area contributed by atoms with Crippen LogP contribution >= 0.6 is 0 Å². The number of hydrogen-bond donors (Lipinski definition) is 3. The third kappa shape index (κ3) is 3.33. The van der Waals surface area contributed by atoms with Crippen molar-refractivity contribution in [3.63, 3.8) is 0 Å². The Balaban J connectivity index is 1.61. The van der Waals surface area contributed by atoms with Crippen molar-refractivity contribution in [1.82, 2.24) is 14.9 Å². The normalized spacial score (nSPS) is 15.6. The summed E-state index contributed by atoms with van der Waals surface area (Å²) in [6.07, 6.45) is 3.68. The highest BCUT2D eigenvalue weighted by Crippen LogP contribution is 2.13.